The Kier molecular flexibility index (Phi) is 10.8. The maximum Gasteiger partial charge on any atom is 0.244 e. The predicted octanol–water partition coefficient (Wildman–Crippen LogP) is 5.03. The van der Waals surface area contributed by atoms with Crippen LogP contribution in [0.3, 0.4) is 0 Å². The number of hydrogen-bond donors (Lipinski definition) is 1. The van der Waals surface area contributed by atoms with Gasteiger partial charge in [-0.05, 0) is 53.9 Å². The fraction of sp³-hybridized carbons (Fsp3) is 0.286. The second-order valence-corrected chi connectivity index (χ2v) is 12.1. The van der Waals surface area contributed by atoms with Crippen LogP contribution in [0.5, 0.6) is 0 Å². The van der Waals surface area contributed by atoms with Crippen LogP contribution in [0.25, 0.3) is 0 Å². The van der Waals surface area contributed by atoms with E-state index in [9.17, 15) is 18.0 Å². The van der Waals surface area contributed by atoms with Gasteiger partial charge in [0.15, 0.2) is 0 Å². The van der Waals surface area contributed by atoms with E-state index in [2.05, 4.69) is 21.2 Å². The second kappa shape index (κ2) is 13.8. The number of amides is 2. The molecule has 0 aliphatic carbocycles. The SMILES string of the molecule is CCCNC(=O)[C@@H](Cc1ccccc1)N(Cc1ccc(Br)cc1)C(=O)CN(c1ccc(Cl)cc1)S(C)(=O)=O. The molecule has 0 fully saturated rings. The zero-order valence-corrected chi connectivity index (χ0v) is 24.5. The number of carbonyl (C=O) groups is 2. The lowest BCUT2D eigenvalue weighted by Crippen LogP contribution is -2.53. The highest BCUT2D eigenvalue weighted by Gasteiger charge is 2.32. The Balaban J connectivity index is 2.02. The summed E-state index contributed by atoms with van der Waals surface area (Å²) in [5.74, 6) is -0.792. The summed E-state index contributed by atoms with van der Waals surface area (Å²) in [6.07, 6.45) is 2.06. The standard InChI is InChI=1S/C28H31BrClN3O4S/c1-3-17-31-28(35)26(18-21-7-5-4-6-8-21)32(19-22-9-11-23(29)12-10-22)27(34)20-33(38(2,36)37)25-15-13-24(30)14-16-25/h4-16,26H,3,17-20H2,1-2H3,(H,31,35)/t26-/m1/s1. The number of halogens is 2. The smallest absolute Gasteiger partial charge is 0.244 e. The molecule has 0 radical (unpaired) electrons. The van der Waals surface area contributed by atoms with Crippen molar-refractivity contribution in [2.24, 2.45) is 0 Å². The van der Waals surface area contributed by atoms with Gasteiger partial charge in [0.1, 0.15) is 12.6 Å². The molecule has 38 heavy (non-hydrogen) atoms. The monoisotopic (exact) mass is 619 g/mol. The summed E-state index contributed by atoms with van der Waals surface area (Å²) in [6, 6.07) is 22.3. The average molecular weight is 621 g/mol. The van der Waals surface area contributed by atoms with Crippen molar-refractivity contribution in [1.82, 2.24) is 10.2 Å². The first-order valence-corrected chi connectivity index (χ1v) is 15.2. The van der Waals surface area contributed by atoms with Crippen LogP contribution in [-0.2, 0) is 32.6 Å². The zero-order chi connectivity index (χ0) is 27.7. The third-order valence-corrected chi connectivity index (χ3v) is 7.80. The van der Waals surface area contributed by atoms with Crippen LogP contribution in [0.2, 0.25) is 5.02 Å². The summed E-state index contributed by atoms with van der Waals surface area (Å²) in [5, 5.41) is 3.36. The largest absolute Gasteiger partial charge is 0.354 e. The van der Waals surface area contributed by atoms with Crippen molar-refractivity contribution < 1.29 is 18.0 Å². The van der Waals surface area contributed by atoms with Crippen LogP contribution < -0.4 is 9.62 Å². The van der Waals surface area contributed by atoms with E-state index in [1.54, 1.807) is 24.3 Å². The Hall–Kier alpha value is -2.88. The molecule has 0 aliphatic heterocycles. The van der Waals surface area contributed by atoms with Crippen LogP contribution >= 0.6 is 27.5 Å². The first kappa shape index (κ1) is 29.7. The molecule has 0 unspecified atom stereocenters. The average Bonchev–Trinajstić information content (AvgIpc) is 2.89. The van der Waals surface area contributed by atoms with Crippen molar-refractivity contribution in [1.29, 1.82) is 0 Å². The summed E-state index contributed by atoms with van der Waals surface area (Å²) < 4.78 is 27.4. The Labute approximate surface area is 238 Å². The fourth-order valence-corrected chi connectivity index (χ4v) is 5.17. The van der Waals surface area contributed by atoms with Crippen LogP contribution in [0, 0.1) is 0 Å². The Bertz CT molecular complexity index is 1320. The Morgan fingerprint density at radius 2 is 1.58 bits per heavy atom. The van der Waals surface area contributed by atoms with E-state index in [-0.39, 0.29) is 18.9 Å². The van der Waals surface area contributed by atoms with Gasteiger partial charge < -0.3 is 10.2 Å². The number of rotatable bonds is 12. The quantitative estimate of drug-likeness (QED) is 0.308. The number of hydrogen-bond acceptors (Lipinski definition) is 4. The van der Waals surface area contributed by atoms with Gasteiger partial charge in [-0.1, -0.05) is 76.9 Å². The molecule has 3 aromatic rings. The fourth-order valence-electron chi connectivity index (χ4n) is 3.93. The van der Waals surface area contributed by atoms with E-state index in [4.69, 9.17) is 11.6 Å². The van der Waals surface area contributed by atoms with Gasteiger partial charge in [-0.2, -0.15) is 0 Å². The first-order chi connectivity index (χ1) is 18.1. The maximum atomic E-state index is 13.9. The van der Waals surface area contributed by atoms with Crippen LogP contribution in [0.15, 0.2) is 83.3 Å². The number of carbonyl (C=O) groups excluding carboxylic acids is 2. The summed E-state index contributed by atoms with van der Waals surface area (Å²) in [4.78, 5) is 28.8. The van der Waals surface area contributed by atoms with Gasteiger partial charge in [-0.15, -0.1) is 0 Å². The van der Waals surface area contributed by atoms with Gasteiger partial charge in [0.25, 0.3) is 0 Å². The molecule has 202 valence electrons. The predicted molar refractivity (Wildman–Crippen MR) is 156 cm³/mol. The van der Waals surface area contributed by atoms with E-state index in [1.165, 1.54) is 4.90 Å². The molecule has 1 N–H and O–H groups in total. The first-order valence-electron chi connectivity index (χ1n) is 12.2. The van der Waals surface area contributed by atoms with E-state index in [0.717, 1.165) is 32.6 Å². The number of sulfonamides is 1. The molecular formula is C28H31BrClN3O4S. The molecule has 0 bridgehead atoms. The van der Waals surface area contributed by atoms with Crippen molar-refractivity contribution in [3.8, 4) is 0 Å². The molecule has 0 saturated carbocycles. The lowest BCUT2D eigenvalue weighted by Gasteiger charge is -2.33. The van der Waals surface area contributed by atoms with Crippen LogP contribution in [0.4, 0.5) is 5.69 Å². The van der Waals surface area contributed by atoms with Gasteiger partial charge in [0.05, 0.1) is 11.9 Å². The van der Waals surface area contributed by atoms with Crippen molar-refractivity contribution in [2.75, 3.05) is 23.7 Å². The van der Waals surface area contributed by atoms with Gasteiger partial charge in [0.2, 0.25) is 21.8 Å². The summed E-state index contributed by atoms with van der Waals surface area (Å²) in [7, 11) is -3.82. The van der Waals surface area contributed by atoms with E-state index in [0.29, 0.717) is 17.3 Å². The summed E-state index contributed by atoms with van der Waals surface area (Å²) >= 11 is 9.42. The lowest BCUT2D eigenvalue weighted by molar-refractivity contribution is -0.140. The molecule has 3 aromatic carbocycles. The molecule has 0 aromatic heterocycles. The van der Waals surface area contributed by atoms with Gasteiger partial charge >= 0.3 is 0 Å². The molecular weight excluding hydrogens is 590 g/mol. The highest BCUT2D eigenvalue weighted by Crippen LogP contribution is 2.22. The molecule has 3 rings (SSSR count). The van der Waals surface area contributed by atoms with Crippen molar-refractivity contribution >= 4 is 55.1 Å². The molecule has 0 spiro atoms. The lowest BCUT2D eigenvalue weighted by atomic mass is 10.0. The van der Waals surface area contributed by atoms with Crippen LogP contribution in [0.1, 0.15) is 24.5 Å². The third-order valence-electron chi connectivity index (χ3n) is 5.88. The molecule has 0 heterocycles. The molecule has 0 saturated heterocycles. The highest BCUT2D eigenvalue weighted by molar-refractivity contribution is 9.10. The van der Waals surface area contributed by atoms with Crippen molar-refractivity contribution in [3.63, 3.8) is 0 Å². The third kappa shape index (κ3) is 8.58. The maximum absolute atomic E-state index is 13.9. The van der Waals surface area contributed by atoms with Crippen LogP contribution in [-0.4, -0.2) is 50.5 Å². The second-order valence-electron chi connectivity index (χ2n) is 8.89. The molecule has 2 amide bonds. The van der Waals surface area contributed by atoms with E-state index < -0.39 is 28.5 Å². The Morgan fingerprint density at radius 1 is 0.947 bits per heavy atom. The summed E-state index contributed by atoms with van der Waals surface area (Å²) in [6.45, 7) is 2.07. The zero-order valence-electron chi connectivity index (χ0n) is 21.3. The number of nitrogens with zero attached hydrogens (tertiary/aromatic N) is 2. The number of nitrogens with one attached hydrogen (secondary N) is 1. The minimum atomic E-state index is -3.82. The minimum absolute atomic E-state index is 0.126. The normalized spacial score (nSPS) is 12.0. The van der Waals surface area contributed by atoms with Crippen molar-refractivity contribution in [3.05, 3.63) is 99.5 Å². The highest BCUT2D eigenvalue weighted by atomic mass is 79.9. The number of anilines is 1. The van der Waals surface area contributed by atoms with Crippen molar-refractivity contribution in [2.45, 2.75) is 32.4 Å². The van der Waals surface area contributed by atoms with Gasteiger partial charge in [0, 0.05) is 29.0 Å². The van der Waals surface area contributed by atoms with Gasteiger partial charge in [-0.25, -0.2) is 8.42 Å². The molecule has 10 heteroatoms. The topological polar surface area (TPSA) is 86.8 Å². The molecule has 0 aliphatic rings. The minimum Gasteiger partial charge on any atom is -0.354 e. The van der Waals surface area contributed by atoms with Gasteiger partial charge in [-0.3, -0.25) is 13.9 Å². The van der Waals surface area contributed by atoms with E-state index >= 15 is 0 Å². The van der Waals surface area contributed by atoms with E-state index in [1.807, 2.05) is 61.5 Å². The number of benzene rings is 3. The Morgan fingerprint density at radius 3 is 2.16 bits per heavy atom. The molecule has 1 atom stereocenters. The summed E-state index contributed by atoms with van der Waals surface area (Å²) in [5.41, 5.74) is 2.00. The molecule has 7 nitrogen and oxygen atoms in total.